The molecule has 1 aliphatic rings. The zero-order valence-electron chi connectivity index (χ0n) is 8.11. The van der Waals surface area contributed by atoms with Crippen LogP contribution >= 0.6 is 15.9 Å². The smallest absolute Gasteiger partial charge is 0.135 e. The number of alkyl halides is 1. The minimum atomic E-state index is -1.21. The summed E-state index contributed by atoms with van der Waals surface area (Å²) in [7, 11) is 0. The number of halogens is 2. The lowest BCUT2D eigenvalue weighted by atomic mass is 9.93. The van der Waals surface area contributed by atoms with Gasteiger partial charge in [-0.1, -0.05) is 12.1 Å². The Bertz CT molecular complexity index is 349. The predicted molar refractivity (Wildman–Crippen MR) is 60.3 cm³/mol. The highest BCUT2D eigenvalue weighted by molar-refractivity contribution is 9.10. The normalized spacial score (nSPS) is 26.2. The van der Waals surface area contributed by atoms with Crippen molar-refractivity contribution in [3.63, 3.8) is 0 Å². The Morgan fingerprint density at radius 1 is 1.50 bits per heavy atom. The van der Waals surface area contributed by atoms with Gasteiger partial charge in [0.05, 0.1) is 5.69 Å². The number of nitrogens with one attached hydrogen (secondary N) is 1. The quantitative estimate of drug-likeness (QED) is 0.745. The first-order valence-electron chi connectivity index (χ1n) is 4.83. The van der Waals surface area contributed by atoms with Crippen molar-refractivity contribution in [3.8, 4) is 0 Å². The van der Waals surface area contributed by atoms with Gasteiger partial charge < -0.3 is 5.32 Å². The molecule has 0 fully saturated rings. The molecule has 1 heterocycles. The third kappa shape index (κ3) is 1.65. The molecule has 76 valence electrons. The summed E-state index contributed by atoms with van der Waals surface area (Å²) in [6, 6.07) is 5.68. The fraction of sp³-hybridized carbons (Fsp3) is 0.455. The monoisotopic (exact) mass is 257 g/mol. The van der Waals surface area contributed by atoms with Crippen molar-refractivity contribution in [1.82, 2.24) is 0 Å². The minimum absolute atomic E-state index is 0.587. The lowest BCUT2D eigenvalue weighted by molar-refractivity contribution is 0.178. The van der Waals surface area contributed by atoms with E-state index in [-0.39, 0.29) is 0 Å². The summed E-state index contributed by atoms with van der Waals surface area (Å²) in [4.78, 5) is 0. The Hall–Kier alpha value is -0.570. The third-order valence-corrected chi connectivity index (χ3v) is 3.36. The van der Waals surface area contributed by atoms with Crippen LogP contribution < -0.4 is 5.32 Å². The molecule has 3 heteroatoms. The minimum Gasteiger partial charge on any atom is -0.384 e. The van der Waals surface area contributed by atoms with Crippen molar-refractivity contribution in [3.05, 3.63) is 28.2 Å². The van der Waals surface area contributed by atoms with Crippen LogP contribution in [0, 0.1) is 0 Å². The van der Waals surface area contributed by atoms with Crippen molar-refractivity contribution >= 4 is 21.6 Å². The molecule has 1 nitrogen and oxygen atoms in total. The highest BCUT2D eigenvalue weighted by Gasteiger charge is 2.30. The highest BCUT2D eigenvalue weighted by Crippen LogP contribution is 2.40. The van der Waals surface area contributed by atoms with Gasteiger partial charge in [0.15, 0.2) is 0 Å². The number of benzene rings is 1. The topological polar surface area (TPSA) is 12.0 Å². The van der Waals surface area contributed by atoms with Gasteiger partial charge in [0.2, 0.25) is 0 Å². The van der Waals surface area contributed by atoms with Crippen molar-refractivity contribution < 1.29 is 4.39 Å². The summed E-state index contributed by atoms with van der Waals surface area (Å²) < 4.78 is 15.2. The fourth-order valence-electron chi connectivity index (χ4n) is 1.91. The van der Waals surface area contributed by atoms with Gasteiger partial charge in [-0.15, -0.1) is 0 Å². The second kappa shape index (κ2) is 3.54. The third-order valence-electron chi connectivity index (χ3n) is 2.70. The van der Waals surface area contributed by atoms with Crippen LogP contribution in [-0.4, -0.2) is 6.54 Å². The molecule has 0 saturated carbocycles. The van der Waals surface area contributed by atoms with Gasteiger partial charge in [0, 0.05) is 16.6 Å². The summed E-state index contributed by atoms with van der Waals surface area (Å²) in [5.41, 5.74) is 0.474. The largest absolute Gasteiger partial charge is 0.384 e. The number of hydrogen-bond acceptors (Lipinski definition) is 1. The number of para-hydroxylation sites is 1. The van der Waals surface area contributed by atoms with E-state index in [2.05, 4.69) is 21.2 Å². The first-order chi connectivity index (χ1) is 6.61. The van der Waals surface area contributed by atoms with Crippen LogP contribution in [0.3, 0.4) is 0 Å². The SMILES string of the molecule is CC1(F)CCCNc2c(Br)cccc21. The van der Waals surface area contributed by atoms with Crippen molar-refractivity contribution in [2.75, 3.05) is 11.9 Å². The molecule has 0 aromatic heterocycles. The van der Waals surface area contributed by atoms with Crippen LogP contribution in [0.1, 0.15) is 25.3 Å². The molecule has 0 bridgehead atoms. The van der Waals surface area contributed by atoms with Crippen LogP contribution in [-0.2, 0) is 5.67 Å². The van der Waals surface area contributed by atoms with Crippen molar-refractivity contribution in [2.45, 2.75) is 25.4 Å². The second-order valence-electron chi connectivity index (χ2n) is 3.89. The van der Waals surface area contributed by atoms with Crippen LogP contribution in [0.5, 0.6) is 0 Å². The van der Waals surface area contributed by atoms with E-state index in [1.807, 2.05) is 18.2 Å². The Kier molecular flexibility index (Phi) is 2.52. The predicted octanol–water partition coefficient (Wildman–Crippen LogP) is 3.84. The van der Waals surface area contributed by atoms with Gasteiger partial charge in [-0.05, 0) is 41.8 Å². The zero-order valence-corrected chi connectivity index (χ0v) is 9.70. The molecule has 1 aromatic carbocycles. The second-order valence-corrected chi connectivity index (χ2v) is 4.74. The van der Waals surface area contributed by atoms with Gasteiger partial charge in [-0.2, -0.15) is 0 Å². The van der Waals surface area contributed by atoms with Gasteiger partial charge >= 0.3 is 0 Å². The van der Waals surface area contributed by atoms with Gasteiger partial charge in [0.25, 0.3) is 0 Å². The van der Waals surface area contributed by atoms with Gasteiger partial charge in [0.1, 0.15) is 5.67 Å². The van der Waals surface area contributed by atoms with E-state index < -0.39 is 5.67 Å². The molecule has 1 aromatic rings. The van der Waals surface area contributed by atoms with Crippen molar-refractivity contribution in [2.24, 2.45) is 0 Å². The van der Waals surface area contributed by atoms with Gasteiger partial charge in [-0.25, -0.2) is 4.39 Å². The number of hydrogen-bond donors (Lipinski definition) is 1. The van der Waals surface area contributed by atoms with E-state index in [0.717, 1.165) is 28.7 Å². The number of rotatable bonds is 0. The first-order valence-corrected chi connectivity index (χ1v) is 5.62. The zero-order chi connectivity index (χ0) is 10.2. The molecule has 0 amide bonds. The summed E-state index contributed by atoms with van der Waals surface area (Å²) in [5, 5.41) is 3.26. The van der Waals surface area contributed by atoms with E-state index in [0.29, 0.717) is 6.42 Å². The van der Waals surface area contributed by atoms with Crippen LogP contribution in [0.25, 0.3) is 0 Å². The van der Waals surface area contributed by atoms with Gasteiger partial charge in [-0.3, -0.25) is 0 Å². The summed E-state index contributed by atoms with van der Waals surface area (Å²) >= 11 is 3.44. The summed E-state index contributed by atoms with van der Waals surface area (Å²) in [5.74, 6) is 0. The summed E-state index contributed by atoms with van der Waals surface area (Å²) in [6.07, 6.45) is 1.46. The van der Waals surface area contributed by atoms with Crippen LogP contribution in [0.15, 0.2) is 22.7 Å². The molecule has 1 N–H and O–H groups in total. The highest BCUT2D eigenvalue weighted by atomic mass is 79.9. The Morgan fingerprint density at radius 3 is 3.07 bits per heavy atom. The molecule has 2 rings (SSSR count). The molecule has 1 atom stereocenters. The molecule has 0 saturated heterocycles. The Morgan fingerprint density at radius 2 is 2.29 bits per heavy atom. The van der Waals surface area contributed by atoms with Crippen LogP contribution in [0.2, 0.25) is 0 Å². The van der Waals surface area contributed by atoms with Crippen molar-refractivity contribution in [1.29, 1.82) is 0 Å². The molecule has 1 aliphatic heterocycles. The fourth-order valence-corrected chi connectivity index (χ4v) is 2.41. The maximum Gasteiger partial charge on any atom is 0.135 e. The van der Waals surface area contributed by atoms with Crippen LogP contribution in [0.4, 0.5) is 10.1 Å². The maximum absolute atomic E-state index is 14.2. The average molecular weight is 258 g/mol. The lowest BCUT2D eigenvalue weighted by Crippen LogP contribution is -2.14. The molecule has 0 radical (unpaired) electrons. The summed E-state index contributed by atoms with van der Waals surface area (Å²) in [6.45, 7) is 2.50. The van der Waals surface area contributed by atoms with E-state index in [1.54, 1.807) is 6.92 Å². The van der Waals surface area contributed by atoms with E-state index in [9.17, 15) is 4.39 Å². The number of fused-ring (bicyclic) bond motifs is 1. The molecular weight excluding hydrogens is 245 g/mol. The van der Waals surface area contributed by atoms with E-state index in [4.69, 9.17) is 0 Å². The molecular formula is C11H13BrFN. The maximum atomic E-state index is 14.2. The Balaban J connectivity index is 2.56. The molecule has 14 heavy (non-hydrogen) atoms. The van der Waals surface area contributed by atoms with E-state index in [1.165, 1.54) is 0 Å². The molecule has 0 aliphatic carbocycles. The molecule has 1 unspecified atom stereocenters. The average Bonchev–Trinajstić information content (AvgIpc) is 2.27. The number of anilines is 1. The standard InChI is InChI=1S/C11H13BrFN/c1-11(13)6-3-7-14-10-8(11)4-2-5-9(10)12/h2,4-5,14H,3,6-7H2,1H3. The lowest BCUT2D eigenvalue weighted by Gasteiger charge is -2.20. The first kappa shape index (κ1) is 9.97. The van der Waals surface area contributed by atoms with E-state index >= 15 is 0 Å². The molecule has 0 spiro atoms. The Labute approximate surface area is 91.8 Å².